The van der Waals surface area contributed by atoms with E-state index in [1.54, 1.807) is 0 Å². The van der Waals surface area contributed by atoms with Gasteiger partial charge in [0.2, 0.25) is 5.95 Å². The van der Waals surface area contributed by atoms with E-state index in [0.29, 0.717) is 0 Å². The van der Waals surface area contributed by atoms with Crippen LogP contribution in [-0.4, -0.2) is 57.1 Å². The molecular weight excluding hydrogens is 507 g/mol. The predicted octanol–water partition coefficient (Wildman–Crippen LogP) is -0.369. The van der Waals surface area contributed by atoms with Gasteiger partial charge in [-0.05, 0) is 0 Å². The summed E-state index contributed by atoms with van der Waals surface area (Å²) in [6.45, 7) is -0.670. The lowest BCUT2D eigenvalue weighted by atomic mass is 10.2. The number of ether oxygens (including phenoxy) is 1. The van der Waals surface area contributed by atoms with E-state index in [0.717, 1.165) is 0 Å². The first kappa shape index (κ1) is 24.5. The van der Waals surface area contributed by atoms with Gasteiger partial charge >= 0.3 is 23.5 Å². The van der Waals surface area contributed by atoms with Gasteiger partial charge in [0, 0.05) is 11.7 Å². The summed E-state index contributed by atoms with van der Waals surface area (Å²) in [5, 5.41) is -0.575. The lowest BCUT2D eigenvalue weighted by Gasteiger charge is -2.19. The van der Waals surface area contributed by atoms with Gasteiger partial charge in [-0.15, -0.1) is 0 Å². The van der Waals surface area contributed by atoms with Crippen molar-refractivity contribution in [1.82, 2.24) is 19.5 Å². The zero-order valence-electron chi connectivity index (χ0n) is 15.0. The summed E-state index contributed by atoms with van der Waals surface area (Å²) < 4.78 is 52.7. The molecule has 2 aromatic heterocycles. The first-order valence-corrected chi connectivity index (χ1v) is 13.0. The van der Waals surface area contributed by atoms with Crippen LogP contribution < -0.4 is 11.3 Å². The second-order valence-electron chi connectivity index (χ2n) is 6.09. The second-order valence-corrected chi connectivity index (χ2v) is 11.2. The van der Waals surface area contributed by atoms with Crippen LogP contribution in [0.15, 0.2) is 11.1 Å². The summed E-state index contributed by atoms with van der Waals surface area (Å²) in [7, 11) is -16.4. The van der Waals surface area contributed by atoms with Crippen LogP contribution >= 0.6 is 36.1 Å². The van der Waals surface area contributed by atoms with Gasteiger partial charge in [0.25, 0.3) is 5.56 Å². The Morgan fingerprint density at radius 3 is 2.58 bits per heavy atom. The van der Waals surface area contributed by atoms with Crippen molar-refractivity contribution in [3.05, 3.63) is 16.7 Å². The van der Waals surface area contributed by atoms with E-state index >= 15 is 0 Å². The normalized spacial score (nSPS) is 26.0. The fourth-order valence-electron chi connectivity index (χ4n) is 2.66. The van der Waals surface area contributed by atoms with Crippen LogP contribution in [0.1, 0.15) is 12.6 Å². The Morgan fingerprint density at radius 2 is 1.94 bits per heavy atom. The van der Waals surface area contributed by atoms with Crippen molar-refractivity contribution in [1.29, 1.82) is 0 Å². The van der Waals surface area contributed by atoms with E-state index in [1.165, 1.54) is 10.9 Å². The third kappa shape index (κ3) is 6.22. The van der Waals surface area contributed by atoms with Gasteiger partial charge in [0.1, 0.15) is 6.23 Å². The molecule has 5 atom stereocenters. The fourth-order valence-corrected chi connectivity index (χ4v) is 6.03. The van der Waals surface area contributed by atoms with Crippen molar-refractivity contribution < 1.29 is 51.2 Å². The van der Waals surface area contributed by atoms with Crippen molar-refractivity contribution in [3.8, 4) is 0 Å². The van der Waals surface area contributed by atoms with Gasteiger partial charge < -0.3 is 30.0 Å². The topological polar surface area (TPSA) is 259 Å². The number of phosphoric acid groups is 3. The van der Waals surface area contributed by atoms with Crippen LogP contribution in [0.25, 0.3) is 11.2 Å². The molecule has 21 heteroatoms. The lowest BCUT2D eigenvalue weighted by Crippen LogP contribution is -2.22. The van der Waals surface area contributed by atoms with E-state index in [2.05, 4.69) is 40.7 Å². The predicted molar refractivity (Wildman–Crippen MR) is 104 cm³/mol. The molecular formula is C10H16N5O12P3S. The number of imidazole rings is 1. The standard InChI is InChI=1S/C10H16N5O12P3S/c11-10-13-8-7(9(16)14-10)12-3-15(8)6-1-5(31)4(25-6)2-24-29(20,21)27-30(22,23)26-28(17,18)19/h3-6,31H,1-2H2,(H,20,21)(H,22,23)(H2,17,18,19)(H3,11,13,14,16)/t4-,5+,6-/m1/s1. The minimum atomic E-state index is -5.63. The van der Waals surface area contributed by atoms with E-state index in [9.17, 15) is 23.4 Å². The highest BCUT2D eigenvalue weighted by atomic mass is 32.1. The molecule has 0 saturated carbocycles. The van der Waals surface area contributed by atoms with E-state index in [-0.39, 0.29) is 23.5 Å². The Kier molecular flexibility index (Phi) is 6.85. The number of H-pyrrole nitrogens is 1. The molecule has 1 aliphatic heterocycles. The fraction of sp³-hybridized carbons (Fsp3) is 0.500. The highest BCUT2D eigenvalue weighted by molar-refractivity contribution is 7.81. The molecule has 31 heavy (non-hydrogen) atoms. The third-order valence-corrected chi connectivity index (χ3v) is 8.13. The Bertz CT molecular complexity index is 1180. The molecule has 1 fully saturated rings. The van der Waals surface area contributed by atoms with Crippen LogP contribution in [0.2, 0.25) is 0 Å². The van der Waals surface area contributed by atoms with Crippen LogP contribution in [0, 0.1) is 0 Å². The van der Waals surface area contributed by atoms with Crippen molar-refractivity contribution in [3.63, 3.8) is 0 Å². The smallest absolute Gasteiger partial charge is 0.369 e. The first-order chi connectivity index (χ1) is 14.2. The molecule has 7 N–H and O–H groups in total. The highest BCUT2D eigenvalue weighted by Gasteiger charge is 2.42. The molecule has 3 rings (SSSR count). The molecule has 0 spiro atoms. The molecule has 3 heterocycles. The number of phosphoric ester groups is 1. The van der Waals surface area contributed by atoms with Gasteiger partial charge in [-0.2, -0.15) is 26.2 Å². The number of thiol groups is 1. The molecule has 2 aromatic rings. The van der Waals surface area contributed by atoms with Crippen molar-refractivity contribution >= 4 is 53.2 Å². The van der Waals surface area contributed by atoms with Crippen LogP contribution in [0.4, 0.5) is 5.95 Å². The molecule has 1 saturated heterocycles. The maximum Gasteiger partial charge on any atom is 0.490 e. The van der Waals surface area contributed by atoms with E-state index < -0.39 is 53.2 Å². The quantitative estimate of drug-likeness (QED) is 0.172. The Balaban J connectivity index is 1.67. The SMILES string of the molecule is Nc1nc2c(ncn2[C@H]2C[C@H](S)[C@@H](COP(=O)(O)OP(=O)(O)OP(=O)(O)O)O2)c(=O)[nH]1. The van der Waals surface area contributed by atoms with Crippen molar-refractivity contribution in [2.24, 2.45) is 0 Å². The molecule has 0 amide bonds. The van der Waals surface area contributed by atoms with Gasteiger partial charge in [0.05, 0.1) is 19.0 Å². The number of nitrogen functional groups attached to an aromatic ring is 1. The summed E-state index contributed by atoms with van der Waals surface area (Å²) >= 11 is 4.29. The monoisotopic (exact) mass is 523 g/mol. The first-order valence-electron chi connectivity index (χ1n) is 8.00. The van der Waals surface area contributed by atoms with Crippen LogP contribution in [0.5, 0.6) is 0 Å². The minimum Gasteiger partial charge on any atom is -0.369 e. The molecule has 0 bridgehead atoms. The molecule has 174 valence electrons. The van der Waals surface area contributed by atoms with Gasteiger partial charge in [-0.3, -0.25) is 18.9 Å². The number of fused-ring (bicyclic) bond motifs is 1. The number of nitrogens with one attached hydrogen (secondary N) is 1. The number of aromatic nitrogens is 4. The average molecular weight is 523 g/mol. The lowest BCUT2D eigenvalue weighted by molar-refractivity contribution is -0.0195. The number of nitrogens with two attached hydrogens (primary N) is 1. The second kappa shape index (κ2) is 8.67. The number of hydrogen-bond acceptors (Lipinski definition) is 12. The molecule has 0 aliphatic carbocycles. The van der Waals surface area contributed by atoms with E-state index in [1.807, 2.05) is 0 Å². The van der Waals surface area contributed by atoms with Crippen molar-refractivity contribution in [2.45, 2.75) is 24.0 Å². The maximum atomic E-state index is 11.9. The molecule has 2 unspecified atom stereocenters. The Morgan fingerprint density at radius 1 is 1.26 bits per heavy atom. The highest BCUT2D eigenvalue weighted by Crippen LogP contribution is 2.66. The van der Waals surface area contributed by atoms with Crippen molar-refractivity contribution in [2.75, 3.05) is 12.3 Å². The number of nitrogens with zero attached hydrogens (tertiary/aromatic N) is 3. The van der Waals surface area contributed by atoms with Gasteiger partial charge in [-0.25, -0.2) is 18.7 Å². The largest absolute Gasteiger partial charge is 0.490 e. The molecule has 17 nitrogen and oxygen atoms in total. The van der Waals surface area contributed by atoms with Crippen LogP contribution in [0.3, 0.4) is 0 Å². The summed E-state index contributed by atoms with van der Waals surface area (Å²) in [5.74, 6) is -0.149. The molecule has 1 aliphatic rings. The summed E-state index contributed by atoms with van der Waals surface area (Å²) in [4.78, 5) is 57.8. The Labute approximate surface area is 177 Å². The van der Waals surface area contributed by atoms with Crippen LogP contribution in [-0.2, 0) is 31.6 Å². The Hall–Kier alpha value is -1.13. The third-order valence-electron chi connectivity index (χ3n) is 3.78. The summed E-state index contributed by atoms with van der Waals surface area (Å²) in [5.41, 5.74) is 5.10. The zero-order valence-corrected chi connectivity index (χ0v) is 18.6. The van der Waals surface area contributed by atoms with E-state index in [4.69, 9.17) is 25.2 Å². The number of hydrogen-bond donors (Lipinski definition) is 7. The number of aromatic amines is 1. The van der Waals surface area contributed by atoms with Gasteiger partial charge in [0.15, 0.2) is 11.2 Å². The zero-order chi connectivity index (χ0) is 23.2. The average Bonchev–Trinajstić information content (AvgIpc) is 3.13. The summed E-state index contributed by atoms with van der Waals surface area (Å²) in [6.07, 6.45) is -0.221. The van der Waals surface area contributed by atoms with Gasteiger partial charge in [-0.1, -0.05) is 0 Å². The maximum absolute atomic E-state index is 11.9. The number of anilines is 1. The molecule has 0 aromatic carbocycles. The minimum absolute atomic E-state index is 0.00484. The summed E-state index contributed by atoms with van der Waals surface area (Å²) in [6, 6.07) is 0. The molecule has 0 radical (unpaired) electrons. The number of rotatable bonds is 8.